The number of para-hydroxylation sites is 2. The predicted molar refractivity (Wildman–Crippen MR) is 81.1 cm³/mol. The van der Waals surface area contributed by atoms with Crippen LogP contribution in [-0.4, -0.2) is 49.3 Å². The molecule has 2 rings (SSSR count). The molecule has 0 aliphatic carbocycles. The van der Waals surface area contributed by atoms with E-state index >= 15 is 0 Å². The summed E-state index contributed by atoms with van der Waals surface area (Å²) < 4.78 is 11.0. The van der Waals surface area contributed by atoms with Crippen molar-refractivity contribution >= 4 is 5.84 Å². The molecule has 1 aromatic rings. The number of piperidine rings is 1. The summed E-state index contributed by atoms with van der Waals surface area (Å²) in [7, 11) is 1.64. The molecule has 1 aliphatic rings. The number of rotatable bonds is 6. The molecule has 21 heavy (non-hydrogen) atoms. The normalized spacial score (nSPS) is 17.7. The number of hydrogen-bond donors (Lipinski definition) is 2. The number of nitrogens with zero attached hydrogens (tertiary/aromatic N) is 2. The van der Waals surface area contributed by atoms with Gasteiger partial charge < -0.3 is 20.4 Å². The molecule has 3 N–H and O–H groups in total. The van der Waals surface area contributed by atoms with Gasteiger partial charge in [0, 0.05) is 12.5 Å². The number of benzene rings is 1. The van der Waals surface area contributed by atoms with Gasteiger partial charge in [0.15, 0.2) is 11.5 Å². The van der Waals surface area contributed by atoms with E-state index in [-0.39, 0.29) is 5.92 Å². The predicted octanol–water partition coefficient (Wildman–Crippen LogP) is 1.53. The van der Waals surface area contributed by atoms with E-state index in [0.717, 1.165) is 44.0 Å². The van der Waals surface area contributed by atoms with Gasteiger partial charge in [0.1, 0.15) is 12.4 Å². The first kappa shape index (κ1) is 15.4. The number of oxime groups is 1. The van der Waals surface area contributed by atoms with Gasteiger partial charge in [-0.15, -0.1) is 0 Å². The van der Waals surface area contributed by atoms with E-state index in [1.54, 1.807) is 7.11 Å². The summed E-state index contributed by atoms with van der Waals surface area (Å²) in [6.45, 7) is 3.36. The fourth-order valence-corrected chi connectivity index (χ4v) is 2.56. The van der Waals surface area contributed by atoms with Crippen molar-refractivity contribution in [2.45, 2.75) is 12.8 Å². The highest BCUT2D eigenvalue weighted by Gasteiger charge is 2.22. The third-order valence-corrected chi connectivity index (χ3v) is 3.86. The second kappa shape index (κ2) is 7.73. The molecule has 1 aliphatic heterocycles. The molecule has 1 saturated heterocycles. The minimum Gasteiger partial charge on any atom is -0.493 e. The summed E-state index contributed by atoms with van der Waals surface area (Å²) in [4.78, 5) is 2.33. The van der Waals surface area contributed by atoms with Crippen LogP contribution in [0.2, 0.25) is 0 Å². The zero-order valence-corrected chi connectivity index (χ0v) is 12.4. The van der Waals surface area contributed by atoms with Crippen LogP contribution in [0.5, 0.6) is 11.5 Å². The maximum atomic E-state index is 8.69. The van der Waals surface area contributed by atoms with Crippen molar-refractivity contribution < 1.29 is 14.7 Å². The molecule has 0 unspecified atom stereocenters. The van der Waals surface area contributed by atoms with Crippen LogP contribution in [0.25, 0.3) is 0 Å². The molecule has 1 aromatic carbocycles. The fourth-order valence-electron chi connectivity index (χ4n) is 2.56. The number of amidine groups is 1. The SMILES string of the molecule is COc1ccccc1OCCN1CCC(C(N)=NO)CC1. The second-order valence-electron chi connectivity index (χ2n) is 5.14. The Bertz CT molecular complexity index is 471. The van der Waals surface area contributed by atoms with Gasteiger partial charge in [-0.05, 0) is 38.1 Å². The van der Waals surface area contributed by atoms with Crippen molar-refractivity contribution in [3.05, 3.63) is 24.3 Å². The first-order valence-corrected chi connectivity index (χ1v) is 7.20. The third kappa shape index (κ3) is 4.26. The van der Waals surface area contributed by atoms with Gasteiger partial charge in [0.25, 0.3) is 0 Å². The lowest BCUT2D eigenvalue weighted by atomic mass is 9.96. The maximum absolute atomic E-state index is 8.69. The van der Waals surface area contributed by atoms with Crippen molar-refractivity contribution in [1.29, 1.82) is 0 Å². The Morgan fingerprint density at radius 2 is 2.00 bits per heavy atom. The van der Waals surface area contributed by atoms with E-state index in [1.165, 1.54) is 0 Å². The molecule has 6 heteroatoms. The Morgan fingerprint density at radius 3 is 2.62 bits per heavy atom. The molecule has 116 valence electrons. The molecule has 0 amide bonds. The van der Waals surface area contributed by atoms with Gasteiger partial charge in [0.05, 0.1) is 7.11 Å². The summed E-state index contributed by atoms with van der Waals surface area (Å²) >= 11 is 0. The Hall–Kier alpha value is -1.95. The van der Waals surface area contributed by atoms with Gasteiger partial charge in [-0.1, -0.05) is 17.3 Å². The zero-order valence-electron chi connectivity index (χ0n) is 12.4. The minimum absolute atomic E-state index is 0.196. The van der Waals surface area contributed by atoms with E-state index in [4.69, 9.17) is 20.4 Å². The summed E-state index contributed by atoms with van der Waals surface area (Å²) in [6, 6.07) is 7.64. The summed E-state index contributed by atoms with van der Waals surface area (Å²) in [6.07, 6.45) is 1.84. The van der Waals surface area contributed by atoms with Crippen LogP contribution in [0.3, 0.4) is 0 Å². The monoisotopic (exact) mass is 293 g/mol. The average molecular weight is 293 g/mol. The highest BCUT2D eigenvalue weighted by Crippen LogP contribution is 2.25. The molecule has 0 spiro atoms. The molecule has 0 aromatic heterocycles. The smallest absolute Gasteiger partial charge is 0.161 e. The fraction of sp³-hybridized carbons (Fsp3) is 0.533. The Balaban J connectivity index is 1.73. The van der Waals surface area contributed by atoms with Crippen molar-refractivity contribution in [2.24, 2.45) is 16.8 Å². The molecule has 6 nitrogen and oxygen atoms in total. The molecule has 0 radical (unpaired) electrons. The van der Waals surface area contributed by atoms with Gasteiger partial charge in [-0.3, -0.25) is 4.90 Å². The zero-order chi connectivity index (χ0) is 15.1. The maximum Gasteiger partial charge on any atom is 0.161 e. The van der Waals surface area contributed by atoms with E-state index in [2.05, 4.69) is 10.1 Å². The van der Waals surface area contributed by atoms with Crippen LogP contribution < -0.4 is 15.2 Å². The van der Waals surface area contributed by atoms with Crippen molar-refractivity contribution in [3.63, 3.8) is 0 Å². The van der Waals surface area contributed by atoms with E-state index < -0.39 is 0 Å². The quantitative estimate of drug-likeness (QED) is 0.360. The standard InChI is InChI=1S/C15H23N3O3/c1-20-13-4-2-3-5-14(13)21-11-10-18-8-6-12(7-9-18)15(16)17-19/h2-5,12,19H,6-11H2,1H3,(H2,16,17). The topological polar surface area (TPSA) is 80.3 Å². The first-order chi connectivity index (χ1) is 10.2. The Labute approximate surface area is 125 Å². The molecule has 0 bridgehead atoms. The van der Waals surface area contributed by atoms with E-state index in [0.29, 0.717) is 12.4 Å². The number of ether oxygens (including phenoxy) is 2. The largest absolute Gasteiger partial charge is 0.493 e. The number of methoxy groups -OCH3 is 1. The van der Waals surface area contributed by atoms with Crippen LogP contribution in [0, 0.1) is 5.92 Å². The molecular formula is C15H23N3O3. The van der Waals surface area contributed by atoms with Gasteiger partial charge in [-0.25, -0.2) is 0 Å². The third-order valence-electron chi connectivity index (χ3n) is 3.86. The van der Waals surface area contributed by atoms with E-state index in [1.807, 2.05) is 24.3 Å². The lowest BCUT2D eigenvalue weighted by molar-refractivity contribution is 0.167. The highest BCUT2D eigenvalue weighted by molar-refractivity contribution is 5.82. The van der Waals surface area contributed by atoms with Crippen LogP contribution in [0.1, 0.15) is 12.8 Å². The molecule has 1 fully saturated rings. The van der Waals surface area contributed by atoms with Crippen LogP contribution >= 0.6 is 0 Å². The van der Waals surface area contributed by atoms with Crippen LogP contribution in [-0.2, 0) is 0 Å². The van der Waals surface area contributed by atoms with Gasteiger partial charge >= 0.3 is 0 Å². The molecule has 1 heterocycles. The van der Waals surface area contributed by atoms with Gasteiger partial charge in [0.2, 0.25) is 0 Å². The summed E-state index contributed by atoms with van der Waals surface area (Å²) in [5, 5.41) is 11.8. The number of likely N-dealkylation sites (tertiary alicyclic amines) is 1. The van der Waals surface area contributed by atoms with Crippen LogP contribution in [0.15, 0.2) is 29.4 Å². The van der Waals surface area contributed by atoms with Crippen molar-refractivity contribution in [3.8, 4) is 11.5 Å². The highest BCUT2D eigenvalue weighted by atomic mass is 16.5. The Kier molecular flexibility index (Phi) is 5.68. The number of nitrogens with two attached hydrogens (primary N) is 1. The van der Waals surface area contributed by atoms with Gasteiger partial charge in [-0.2, -0.15) is 0 Å². The molecule has 0 atom stereocenters. The first-order valence-electron chi connectivity index (χ1n) is 7.20. The summed E-state index contributed by atoms with van der Waals surface area (Å²) in [5.74, 6) is 2.07. The molecule has 0 saturated carbocycles. The molecular weight excluding hydrogens is 270 g/mol. The lowest BCUT2D eigenvalue weighted by Gasteiger charge is -2.31. The van der Waals surface area contributed by atoms with Crippen molar-refractivity contribution in [1.82, 2.24) is 4.90 Å². The summed E-state index contributed by atoms with van der Waals surface area (Å²) in [5.41, 5.74) is 5.64. The number of hydrogen-bond acceptors (Lipinski definition) is 5. The van der Waals surface area contributed by atoms with E-state index in [9.17, 15) is 0 Å². The Morgan fingerprint density at radius 1 is 1.33 bits per heavy atom. The minimum atomic E-state index is 0.196. The lowest BCUT2D eigenvalue weighted by Crippen LogP contribution is -2.40. The van der Waals surface area contributed by atoms with Crippen LogP contribution in [0.4, 0.5) is 0 Å². The second-order valence-corrected chi connectivity index (χ2v) is 5.14. The van der Waals surface area contributed by atoms with Crippen molar-refractivity contribution in [2.75, 3.05) is 33.4 Å². The average Bonchev–Trinajstić information content (AvgIpc) is 2.55.